The van der Waals surface area contributed by atoms with Crippen LogP contribution in [0.5, 0.6) is 5.75 Å². The van der Waals surface area contributed by atoms with Crippen LogP contribution < -0.4 is 9.46 Å². The van der Waals surface area contributed by atoms with Crippen LogP contribution in [-0.4, -0.2) is 30.6 Å². The summed E-state index contributed by atoms with van der Waals surface area (Å²) < 4.78 is 8.58. The second-order valence-electron chi connectivity index (χ2n) is 4.54. The Labute approximate surface area is 109 Å². The Bertz CT molecular complexity index is 336. The molecule has 4 heteroatoms. The molecule has 0 unspecified atom stereocenters. The van der Waals surface area contributed by atoms with Gasteiger partial charge in [0.1, 0.15) is 12.4 Å². The van der Waals surface area contributed by atoms with E-state index in [-0.39, 0.29) is 0 Å². The van der Waals surface area contributed by atoms with E-state index in [1.165, 1.54) is 25.9 Å². The molecule has 1 aliphatic rings. The number of anilines is 1. The van der Waals surface area contributed by atoms with Crippen LogP contribution in [0.3, 0.4) is 0 Å². The molecule has 0 bridgehead atoms. The van der Waals surface area contributed by atoms with Gasteiger partial charge in [-0.15, -0.1) is 0 Å². The molecule has 0 aromatic heterocycles. The summed E-state index contributed by atoms with van der Waals surface area (Å²) in [5.74, 6) is 0.920. The van der Waals surface area contributed by atoms with Gasteiger partial charge < -0.3 is 9.46 Å². The Hall–Kier alpha value is -0.870. The predicted octanol–water partition coefficient (Wildman–Crippen LogP) is 2.81. The van der Waals surface area contributed by atoms with E-state index in [1.807, 2.05) is 24.3 Å². The zero-order valence-corrected chi connectivity index (χ0v) is 11.1. The number of rotatable bonds is 5. The van der Waals surface area contributed by atoms with Gasteiger partial charge in [-0.2, -0.15) is 0 Å². The van der Waals surface area contributed by atoms with Gasteiger partial charge >= 0.3 is 0 Å². The average Bonchev–Trinajstić information content (AvgIpc) is 2.90. The number of thiol groups is 1. The highest BCUT2D eigenvalue weighted by molar-refractivity contribution is 7.81. The fraction of sp³-hybridized carbons (Fsp3) is 0.538. The summed E-state index contributed by atoms with van der Waals surface area (Å²) in [6, 6.07) is 8.36. The number of likely N-dealkylation sites (tertiary alicyclic amines) is 1. The van der Waals surface area contributed by atoms with E-state index in [0.717, 1.165) is 18.0 Å². The molecule has 1 aliphatic heterocycles. The van der Waals surface area contributed by atoms with Gasteiger partial charge in [-0.05, 0) is 57.1 Å². The highest BCUT2D eigenvalue weighted by Crippen LogP contribution is 2.17. The first kappa shape index (κ1) is 12.6. The molecule has 2 rings (SSSR count). The number of nitrogens with zero attached hydrogens (tertiary/aromatic N) is 1. The van der Waals surface area contributed by atoms with Crippen molar-refractivity contribution in [1.82, 2.24) is 4.90 Å². The Kier molecular flexibility index (Phi) is 4.57. The maximum atomic E-state index is 5.79. The summed E-state index contributed by atoms with van der Waals surface area (Å²) in [6.45, 7) is 5.42. The van der Waals surface area contributed by atoms with Crippen LogP contribution in [0.15, 0.2) is 24.3 Å². The van der Waals surface area contributed by atoms with E-state index in [4.69, 9.17) is 4.74 Å². The van der Waals surface area contributed by atoms with Crippen molar-refractivity contribution in [1.29, 1.82) is 0 Å². The van der Waals surface area contributed by atoms with Gasteiger partial charge in [0, 0.05) is 11.7 Å². The summed E-state index contributed by atoms with van der Waals surface area (Å²) in [7, 11) is 0. The Morgan fingerprint density at radius 3 is 2.53 bits per heavy atom. The minimum absolute atomic E-state index is 0.500. The maximum Gasteiger partial charge on any atom is 0.119 e. The third kappa shape index (κ3) is 3.54. The summed E-state index contributed by atoms with van der Waals surface area (Å²) >= 11 is 3.99. The Morgan fingerprint density at radius 2 is 1.94 bits per heavy atom. The normalized spacial score (nSPS) is 18.0. The zero-order chi connectivity index (χ0) is 12.1. The number of nitrogens with one attached hydrogen (secondary N) is 1. The van der Waals surface area contributed by atoms with Crippen LogP contribution in [0.4, 0.5) is 5.69 Å². The third-order valence-electron chi connectivity index (χ3n) is 3.24. The fourth-order valence-electron chi connectivity index (χ4n) is 2.13. The van der Waals surface area contributed by atoms with E-state index < -0.39 is 0 Å². The predicted molar refractivity (Wildman–Crippen MR) is 74.8 cm³/mol. The molecule has 94 valence electrons. The summed E-state index contributed by atoms with van der Waals surface area (Å²) in [6.07, 6.45) is 2.65. The monoisotopic (exact) mass is 252 g/mol. The molecule has 1 aromatic carbocycles. The van der Waals surface area contributed by atoms with Gasteiger partial charge in [0.05, 0.1) is 0 Å². The molecule has 1 atom stereocenters. The molecule has 17 heavy (non-hydrogen) atoms. The maximum absolute atomic E-state index is 5.79. The van der Waals surface area contributed by atoms with Crippen molar-refractivity contribution in [3.05, 3.63) is 24.3 Å². The average molecular weight is 252 g/mol. The molecule has 0 amide bonds. The third-order valence-corrected chi connectivity index (χ3v) is 3.50. The number of benzene rings is 1. The van der Waals surface area contributed by atoms with Crippen LogP contribution in [0, 0.1) is 0 Å². The van der Waals surface area contributed by atoms with Crippen LogP contribution in [0.25, 0.3) is 0 Å². The van der Waals surface area contributed by atoms with E-state index in [1.54, 1.807) is 0 Å². The topological polar surface area (TPSA) is 24.5 Å². The van der Waals surface area contributed by atoms with Crippen molar-refractivity contribution in [2.75, 3.05) is 24.4 Å². The first-order valence-electron chi connectivity index (χ1n) is 6.16. The lowest BCUT2D eigenvalue weighted by Crippen LogP contribution is -2.34. The molecule has 1 N–H and O–H groups in total. The molecule has 1 aromatic rings. The molecular formula is C13H20N2OS. The highest BCUT2D eigenvalue weighted by Gasteiger charge is 2.18. The van der Waals surface area contributed by atoms with Gasteiger partial charge in [-0.25, -0.2) is 0 Å². The van der Waals surface area contributed by atoms with Crippen LogP contribution >= 0.6 is 12.8 Å². The quantitative estimate of drug-likeness (QED) is 0.788. The van der Waals surface area contributed by atoms with Crippen molar-refractivity contribution < 1.29 is 4.74 Å². The zero-order valence-electron chi connectivity index (χ0n) is 10.2. The lowest BCUT2D eigenvalue weighted by Gasteiger charge is -2.23. The Morgan fingerprint density at radius 1 is 1.29 bits per heavy atom. The minimum Gasteiger partial charge on any atom is -0.492 e. The minimum atomic E-state index is 0.500. The van der Waals surface area contributed by atoms with Crippen molar-refractivity contribution in [2.45, 2.75) is 25.8 Å². The van der Waals surface area contributed by atoms with Crippen LogP contribution in [-0.2, 0) is 0 Å². The molecule has 0 aliphatic carbocycles. The van der Waals surface area contributed by atoms with Crippen molar-refractivity contribution >= 4 is 18.5 Å². The van der Waals surface area contributed by atoms with Gasteiger partial charge in [-0.1, -0.05) is 12.8 Å². The lowest BCUT2D eigenvalue weighted by molar-refractivity contribution is 0.172. The molecule has 0 saturated carbocycles. The standard InChI is InChI=1S/C13H20N2OS/c1-11(15-8-2-3-9-15)10-16-13-6-4-12(14-17)5-7-13/h4-7,11,14,17H,2-3,8-10H2,1H3/t11-/m1/s1. The van der Waals surface area contributed by atoms with E-state index in [9.17, 15) is 0 Å². The lowest BCUT2D eigenvalue weighted by atomic mass is 10.3. The second kappa shape index (κ2) is 6.17. The van der Waals surface area contributed by atoms with E-state index in [2.05, 4.69) is 29.4 Å². The number of hydrogen-bond donors (Lipinski definition) is 2. The highest BCUT2D eigenvalue weighted by atomic mass is 32.1. The molecule has 3 nitrogen and oxygen atoms in total. The van der Waals surface area contributed by atoms with E-state index in [0.29, 0.717) is 6.04 Å². The smallest absolute Gasteiger partial charge is 0.119 e. The molecule has 1 fully saturated rings. The molecular weight excluding hydrogens is 232 g/mol. The molecule has 0 spiro atoms. The second-order valence-corrected chi connectivity index (χ2v) is 4.76. The van der Waals surface area contributed by atoms with Gasteiger partial charge in [0.15, 0.2) is 0 Å². The SMILES string of the molecule is C[C@H](COc1ccc(NS)cc1)N1CCCC1. The van der Waals surface area contributed by atoms with E-state index >= 15 is 0 Å². The Balaban J connectivity index is 1.80. The fourth-order valence-corrected chi connectivity index (χ4v) is 2.28. The van der Waals surface area contributed by atoms with Gasteiger partial charge in [-0.3, -0.25) is 4.90 Å². The molecule has 1 heterocycles. The molecule has 0 radical (unpaired) electrons. The van der Waals surface area contributed by atoms with Gasteiger partial charge in [0.2, 0.25) is 0 Å². The first-order valence-corrected chi connectivity index (χ1v) is 6.61. The van der Waals surface area contributed by atoms with Gasteiger partial charge in [0.25, 0.3) is 0 Å². The largest absolute Gasteiger partial charge is 0.492 e. The van der Waals surface area contributed by atoms with Crippen LogP contribution in [0.2, 0.25) is 0 Å². The summed E-state index contributed by atoms with van der Waals surface area (Å²) in [5, 5.41) is 0. The first-order chi connectivity index (χ1) is 8.29. The molecule has 1 saturated heterocycles. The number of hydrogen-bond acceptors (Lipinski definition) is 4. The summed E-state index contributed by atoms with van der Waals surface area (Å²) in [5.41, 5.74) is 0.980. The summed E-state index contributed by atoms with van der Waals surface area (Å²) in [4.78, 5) is 2.49. The number of ether oxygens (including phenoxy) is 1. The van der Waals surface area contributed by atoms with Crippen molar-refractivity contribution in [3.63, 3.8) is 0 Å². The van der Waals surface area contributed by atoms with Crippen LogP contribution in [0.1, 0.15) is 19.8 Å². The van der Waals surface area contributed by atoms with Crippen molar-refractivity contribution in [2.24, 2.45) is 0 Å². The van der Waals surface area contributed by atoms with Crippen molar-refractivity contribution in [3.8, 4) is 5.75 Å².